The molecule has 4 aromatic rings. The molecule has 0 saturated heterocycles. The van der Waals surface area contributed by atoms with Gasteiger partial charge in [-0.2, -0.15) is 0 Å². The molecule has 0 aliphatic rings. The summed E-state index contributed by atoms with van der Waals surface area (Å²) in [6.45, 7) is 0. The Morgan fingerprint density at radius 1 is 1.08 bits per heavy atom. The molecule has 2 heterocycles. The van der Waals surface area contributed by atoms with Crippen LogP contribution in [-0.2, 0) is 11.2 Å². The molecule has 2 aromatic carbocycles. The zero-order chi connectivity index (χ0) is 17.9. The van der Waals surface area contributed by atoms with Gasteiger partial charge in [-0.05, 0) is 23.1 Å². The number of aromatic amines is 1. The van der Waals surface area contributed by atoms with Crippen LogP contribution in [0.25, 0.3) is 22.2 Å². The Balaban J connectivity index is 1.55. The molecule has 5 nitrogen and oxygen atoms in total. The van der Waals surface area contributed by atoms with Gasteiger partial charge in [0, 0.05) is 10.9 Å². The third-order valence-corrected chi connectivity index (χ3v) is 4.75. The number of H-pyrrole nitrogens is 1. The Hall–Kier alpha value is -3.25. The number of fused-ring (bicyclic) bond motifs is 1. The predicted octanol–water partition coefficient (Wildman–Crippen LogP) is 3.83. The number of rotatable bonds is 4. The van der Waals surface area contributed by atoms with Crippen molar-refractivity contribution >= 4 is 33.3 Å². The number of nitrogens with one attached hydrogen (secondary N) is 2. The third kappa shape index (κ3) is 3.41. The lowest BCUT2D eigenvalue weighted by Gasteiger charge is -2.02. The van der Waals surface area contributed by atoms with Crippen molar-refractivity contribution in [3.8, 4) is 11.3 Å². The van der Waals surface area contributed by atoms with E-state index in [2.05, 4.69) is 15.3 Å². The topological polar surface area (TPSA) is 74.8 Å². The molecule has 0 unspecified atom stereocenters. The summed E-state index contributed by atoms with van der Waals surface area (Å²) in [5, 5.41) is 5.98. The van der Waals surface area contributed by atoms with Crippen LogP contribution in [0, 0.1) is 0 Å². The minimum atomic E-state index is -0.198. The van der Waals surface area contributed by atoms with E-state index in [4.69, 9.17) is 0 Å². The summed E-state index contributed by atoms with van der Waals surface area (Å²) in [6, 6.07) is 18.9. The number of benzene rings is 2. The van der Waals surface area contributed by atoms with Gasteiger partial charge in [-0.1, -0.05) is 48.5 Å². The molecule has 6 heteroatoms. The molecule has 0 spiro atoms. The van der Waals surface area contributed by atoms with Crippen LogP contribution in [0.15, 0.2) is 70.8 Å². The Labute approximate surface area is 153 Å². The number of carbonyl (C=O) groups is 1. The summed E-state index contributed by atoms with van der Waals surface area (Å²) in [4.78, 5) is 31.7. The van der Waals surface area contributed by atoms with Gasteiger partial charge in [-0.15, -0.1) is 11.3 Å². The van der Waals surface area contributed by atoms with Gasteiger partial charge in [0.2, 0.25) is 5.91 Å². The fourth-order valence-corrected chi connectivity index (χ4v) is 3.46. The minimum Gasteiger partial charge on any atom is -0.321 e. The molecule has 0 bridgehead atoms. The lowest BCUT2D eigenvalue weighted by Crippen LogP contribution is -2.14. The van der Waals surface area contributed by atoms with E-state index in [9.17, 15) is 9.59 Å². The van der Waals surface area contributed by atoms with Gasteiger partial charge in [-0.25, -0.2) is 4.98 Å². The molecule has 0 saturated carbocycles. The van der Waals surface area contributed by atoms with Crippen molar-refractivity contribution < 1.29 is 4.79 Å². The van der Waals surface area contributed by atoms with Gasteiger partial charge in [0.05, 0.1) is 17.7 Å². The van der Waals surface area contributed by atoms with Crippen LogP contribution < -0.4 is 10.9 Å². The quantitative estimate of drug-likeness (QED) is 0.580. The molecule has 0 aliphatic carbocycles. The molecule has 0 fully saturated rings. The molecule has 128 valence electrons. The molecule has 1 amide bonds. The zero-order valence-electron chi connectivity index (χ0n) is 13.7. The van der Waals surface area contributed by atoms with E-state index in [0.717, 1.165) is 16.5 Å². The van der Waals surface area contributed by atoms with Crippen molar-refractivity contribution in [1.82, 2.24) is 9.97 Å². The maximum absolute atomic E-state index is 12.3. The second-order valence-corrected chi connectivity index (χ2v) is 6.71. The highest BCUT2D eigenvalue weighted by Crippen LogP contribution is 2.24. The monoisotopic (exact) mass is 361 g/mol. The number of pyridine rings is 1. The Morgan fingerprint density at radius 2 is 1.85 bits per heavy atom. The van der Waals surface area contributed by atoms with Gasteiger partial charge in [0.25, 0.3) is 5.56 Å². The summed E-state index contributed by atoms with van der Waals surface area (Å²) >= 11 is 1.30. The van der Waals surface area contributed by atoms with Gasteiger partial charge in [0.15, 0.2) is 5.13 Å². The Bertz CT molecular complexity index is 1130. The Kier molecular flexibility index (Phi) is 4.33. The highest BCUT2D eigenvalue weighted by molar-refractivity contribution is 7.14. The highest BCUT2D eigenvalue weighted by Gasteiger charge is 2.12. The van der Waals surface area contributed by atoms with Crippen LogP contribution in [0.4, 0.5) is 5.13 Å². The average molecular weight is 361 g/mol. The van der Waals surface area contributed by atoms with E-state index in [-0.39, 0.29) is 17.9 Å². The van der Waals surface area contributed by atoms with E-state index in [1.54, 1.807) is 5.38 Å². The molecule has 2 aromatic heterocycles. The molecular weight excluding hydrogens is 346 g/mol. The van der Waals surface area contributed by atoms with Crippen molar-refractivity contribution in [2.45, 2.75) is 6.42 Å². The van der Waals surface area contributed by atoms with Crippen LogP contribution in [-0.4, -0.2) is 15.9 Å². The minimum absolute atomic E-state index is 0.135. The van der Waals surface area contributed by atoms with Gasteiger partial charge in [0.1, 0.15) is 0 Å². The normalized spacial score (nSPS) is 10.8. The van der Waals surface area contributed by atoms with Crippen LogP contribution in [0.3, 0.4) is 0 Å². The molecule has 4 rings (SSSR count). The fraction of sp³-hybridized carbons (Fsp3) is 0.0500. The van der Waals surface area contributed by atoms with Gasteiger partial charge >= 0.3 is 0 Å². The summed E-state index contributed by atoms with van der Waals surface area (Å²) in [5.41, 5.74) is 2.57. The average Bonchev–Trinajstić information content (AvgIpc) is 3.10. The van der Waals surface area contributed by atoms with Gasteiger partial charge < -0.3 is 10.3 Å². The number of aromatic nitrogens is 2. The maximum atomic E-state index is 12.3. The van der Waals surface area contributed by atoms with E-state index in [1.807, 2.05) is 60.7 Å². The second kappa shape index (κ2) is 6.93. The van der Waals surface area contributed by atoms with E-state index in [0.29, 0.717) is 16.4 Å². The van der Waals surface area contributed by atoms with Crippen molar-refractivity contribution in [2.24, 2.45) is 0 Å². The number of hydrogen-bond acceptors (Lipinski definition) is 4. The number of para-hydroxylation sites is 1. The number of amides is 1. The Morgan fingerprint density at radius 3 is 2.69 bits per heavy atom. The summed E-state index contributed by atoms with van der Waals surface area (Å²) in [6.07, 6.45) is 0.284. The first-order valence-corrected chi connectivity index (χ1v) is 8.99. The van der Waals surface area contributed by atoms with Crippen LogP contribution >= 0.6 is 11.3 Å². The maximum Gasteiger partial charge on any atom is 0.257 e. The number of nitrogens with zero attached hydrogens (tertiary/aromatic N) is 1. The smallest absolute Gasteiger partial charge is 0.257 e. The molecular formula is C20H15N3O2S. The lowest BCUT2D eigenvalue weighted by molar-refractivity contribution is -0.115. The van der Waals surface area contributed by atoms with Crippen LogP contribution in [0.2, 0.25) is 0 Å². The standard InChI is InChI=1S/C20H15N3O2S/c24-18(10-13-6-2-1-3-7-13)23-20-22-17(12-26-20)15-11-14-8-4-5-9-16(14)21-19(15)25/h1-9,11-12H,10H2,(H,21,25)(H,22,23,24). The third-order valence-electron chi connectivity index (χ3n) is 3.99. The zero-order valence-corrected chi connectivity index (χ0v) is 14.5. The highest BCUT2D eigenvalue weighted by atomic mass is 32.1. The first kappa shape index (κ1) is 16.2. The van der Waals surface area contributed by atoms with Crippen molar-refractivity contribution in [2.75, 3.05) is 5.32 Å². The second-order valence-electron chi connectivity index (χ2n) is 5.85. The first-order chi connectivity index (χ1) is 12.7. The van der Waals surface area contributed by atoms with E-state index < -0.39 is 0 Å². The van der Waals surface area contributed by atoms with Crippen molar-refractivity contribution in [3.63, 3.8) is 0 Å². The van der Waals surface area contributed by atoms with Gasteiger partial charge in [-0.3, -0.25) is 9.59 Å². The summed E-state index contributed by atoms with van der Waals surface area (Å²) < 4.78 is 0. The van der Waals surface area contributed by atoms with Crippen molar-refractivity contribution in [1.29, 1.82) is 0 Å². The van der Waals surface area contributed by atoms with E-state index in [1.165, 1.54) is 11.3 Å². The SMILES string of the molecule is O=C(Cc1ccccc1)Nc1nc(-c2cc3ccccc3[nH]c2=O)cs1. The fourth-order valence-electron chi connectivity index (χ4n) is 2.74. The predicted molar refractivity (Wildman–Crippen MR) is 104 cm³/mol. The largest absolute Gasteiger partial charge is 0.321 e. The summed E-state index contributed by atoms with van der Waals surface area (Å²) in [5.74, 6) is -0.135. The molecule has 2 N–H and O–H groups in total. The number of thiazole rings is 1. The van der Waals surface area contributed by atoms with Crippen LogP contribution in [0.5, 0.6) is 0 Å². The number of anilines is 1. The van der Waals surface area contributed by atoms with E-state index >= 15 is 0 Å². The number of hydrogen-bond donors (Lipinski definition) is 2. The molecule has 26 heavy (non-hydrogen) atoms. The van der Waals surface area contributed by atoms with Crippen molar-refractivity contribution in [3.05, 3.63) is 82.0 Å². The molecule has 0 radical (unpaired) electrons. The van der Waals surface area contributed by atoms with Crippen LogP contribution in [0.1, 0.15) is 5.56 Å². The number of carbonyl (C=O) groups excluding carboxylic acids is 1. The molecule has 0 atom stereocenters. The lowest BCUT2D eigenvalue weighted by atomic mass is 10.1. The first-order valence-electron chi connectivity index (χ1n) is 8.11. The molecule has 0 aliphatic heterocycles. The summed E-state index contributed by atoms with van der Waals surface area (Å²) in [7, 11) is 0.